The van der Waals surface area contributed by atoms with Crippen LogP contribution in [0, 0.1) is 5.82 Å². The Bertz CT molecular complexity index is 1310. The molecule has 39 heavy (non-hydrogen) atoms. The molecule has 1 atom stereocenters. The second kappa shape index (κ2) is 11.6. The van der Waals surface area contributed by atoms with E-state index in [1.165, 1.54) is 12.1 Å². The molecule has 1 unspecified atom stereocenters. The third-order valence-corrected chi connectivity index (χ3v) is 7.53. The number of H-pyrrole nitrogens is 1. The van der Waals surface area contributed by atoms with E-state index in [9.17, 15) is 14.0 Å². The predicted molar refractivity (Wildman–Crippen MR) is 145 cm³/mol. The maximum absolute atomic E-state index is 14.1. The number of rotatable bonds is 3. The van der Waals surface area contributed by atoms with Crippen molar-refractivity contribution in [2.75, 3.05) is 32.8 Å². The summed E-state index contributed by atoms with van der Waals surface area (Å²) in [5.41, 5.74) is 1.60. The second-order valence-corrected chi connectivity index (χ2v) is 10.5. The molecule has 0 bridgehead atoms. The number of fused-ring (bicyclic) bond motifs is 1. The van der Waals surface area contributed by atoms with Gasteiger partial charge in [0.05, 0.1) is 25.4 Å². The minimum Gasteiger partial charge on any atom is -0.491 e. The first-order valence-electron chi connectivity index (χ1n) is 13.6. The maximum Gasteiger partial charge on any atom is 0.272 e. The molecule has 8 nitrogen and oxygen atoms in total. The Balaban J connectivity index is 1.37. The fourth-order valence-corrected chi connectivity index (χ4v) is 5.40. The predicted octanol–water partition coefficient (Wildman–Crippen LogP) is 4.47. The van der Waals surface area contributed by atoms with Crippen molar-refractivity contribution in [2.24, 2.45) is 0 Å². The molecule has 0 saturated carbocycles. The first kappa shape index (κ1) is 26.9. The number of nitrogens with zero attached hydrogens (tertiary/aromatic N) is 3. The summed E-state index contributed by atoms with van der Waals surface area (Å²) in [5, 5.41) is 7.08. The van der Waals surface area contributed by atoms with Gasteiger partial charge < -0.3 is 19.3 Å². The third-order valence-electron chi connectivity index (χ3n) is 7.53. The topological polar surface area (TPSA) is 87.8 Å². The summed E-state index contributed by atoms with van der Waals surface area (Å²) in [5.74, 6) is 0.182. The van der Waals surface area contributed by atoms with Gasteiger partial charge in [-0.3, -0.25) is 14.7 Å². The van der Waals surface area contributed by atoms with Gasteiger partial charge in [0.1, 0.15) is 23.9 Å². The molecular formula is C30H35FN4O4. The van der Waals surface area contributed by atoms with Crippen molar-refractivity contribution in [1.29, 1.82) is 0 Å². The van der Waals surface area contributed by atoms with Crippen molar-refractivity contribution in [1.82, 2.24) is 20.0 Å². The van der Waals surface area contributed by atoms with E-state index >= 15 is 0 Å². The Labute approximate surface area is 228 Å². The lowest BCUT2D eigenvalue weighted by Gasteiger charge is -2.45. The normalized spacial score (nSPS) is 20.8. The summed E-state index contributed by atoms with van der Waals surface area (Å²) in [6, 6.07) is 15.6. The van der Waals surface area contributed by atoms with E-state index in [2.05, 4.69) is 16.3 Å². The maximum atomic E-state index is 14.1. The van der Waals surface area contributed by atoms with Gasteiger partial charge in [-0.2, -0.15) is 5.10 Å². The number of aromatic nitrogens is 2. The third kappa shape index (κ3) is 5.83. The SMILES string of the molecule is CC(C)N1CCOc2ccccc2CCCCC2(CN(C(=O)c3cc(-c4ccc(F)cc4)n[nH]3)CCO2)C1=O. The Morgan fingerprint density at radius 1 is 1.08 bits per heavy atom. The molecule has 1 saturated heterocycles. The molecule has 2 aliphatic heterocycles. The summed E-state index contributed by atoms with van der Waals surface area (Å²) < 4.78 is 25.7. The molecule has 206 valence electrons. The zero-order valence-electron chi connectivity index (χ0n) is 22.5. The molecule has 0 aliphatic carbocycles. The van der Waals surface area contributed by atoms with Crippen LogP contribution in [-0.4, -0.2) is 76.3 Å². The number of halogens is 1. The van der Waals surface area contributed by atoms with Crippen LogP contribution in [0.2, 0.25) is 0 Å². The van der Waals surface area contributed by atoms with Gasteiger partial charge in [0, 0.05) is 18.2 Å². The molecular weight excluding hydrogens is 499 g/mol. The first-order chi connectivity index (χ1) is 18.9. The van der Waals surface area contributed by atoms with Crippen molar-refractivity contribution >= 4 is 11.8 Å². The van der Waals surface area contributed by atoms with Gasteiger partial charge in [0.2, 0.25) is 0 Å². The number of nitrogens with one attached hydrogen (secondary N) is 1. The van der Waals surface area contributed by atoms with Gasteiger partial charge in [-0.15, -0.1) is 0 Å². The Kier molecular flexibility index (Phi) is 7.97. The van der Waals surface area contributed by atoms with Crippen LogP contribution in [0.5, 0.6) is 5.75 Å². The molecule has 1 spiro atoms. The first-order valence-corrected chi connectivity index (χ1v) is 13.6. The van der Waals surface area contributed by atoms with Crippen LogP contribution in [-0.2, 0) is 16.0 Å². The van der Waals surface area contributed by atoms with Crippen molar-refractivity contribution in [2.45, 2.75) is 51.2 Å². The number of morpholine rings is 1. The number of benzene rings is 2. The smallest absolute Gasteiger partial charge is 0.272 e. The Hall–Kier alpha value is -3.72. The minimum absolute atomic E-state index is 0.0586. The highest BCUT2D eigenvalue weighted by molar-refractivity contribution is 5.94. The molecule has 2 aromatic carbocycles. The van der Waals surface area contributed by atoms with Crippen LogP contribution in [0.1, 0.15) is 49.2 Å². The standard InChI is InChI=1S/C30H35FN4O4/c1-21(2)35-16-17-38-27-9-4-3-7-23(27)8-5-6-14-30(29(35)37)20-34(15-18-39-30)28(36)26-19-25(32-33-26)22-10-12-24(31)13-11-22/h3-4,7,9-13,19,21H,5-6,8,14-18,20H2,1-2H3,(H,32,33). The van der Waals surface area contributed by atoms with Crippen LogP contribution >= 0.6 is 0 Å². The molecule has 0 radical (unpaired) electrons. The molecule has 1 aromatic heterocycles. The number of amides is 2. The lowest BCUT2D eigenvalue weighted by Crippen LogP contribution is -2.63. The van der Waals surface area contributed by atoms with E-state index in [4.69, 9.17) is 9.47 Å². The van der Waals surface area contributed by atoms with E-state index in [-0.39, 0.29) is 36.8 Å². The van der Waals surface area contributed by atoms with E-state index in [1.807, 2.05) is 32.0 Å². The molecule has 2 aliphatic rings. The van der Waals surface area contributed by atoms with Crippen LogP contribution in [0.15, 0.2) is 54.6 Å². The summed E-state index contributed by atoms with van der Waals surface area (Å²) in [6.07, 6.45) is 3.01. The number of hydrogen-bond donors (Lipinski definition) is 1. The highest BCUT2D eigenvalue weighted by Gasteiger charge is 2.47. The van der Waals surface area contributed by atoms with Gasteiger partial charge in [0.25, 0.3) is 11.8 Å². The van der Waals surface area contributed by atoms with Crippen molar-refractivity contribution in [3.63, 3.8) is 0 Å². The zero-order valence-corrected chi connectivity index (χ0v) is 22.5. The van der Waals surface area contributed by atoms with Gasteiger partial charge >= 0.3 is 0 Å². The molecule has 2 amide bonds. The highest BCUT2D eigenvalue weighted by atomic mass is 19.1. The fraction of sp³-hybridized carbons (Fsp3) is 0.433. The van der Waals surface area contributed by atoms with Gasteiger partial charge in [0.15, 0.2) is 5.60 Å². The summed E-state index contributed by atoms with van der Waals surface area (Å²) >= 11 is 0. The van der Waals surface area contributed by atoms with Gasteiger partial charge in [-0.05, 0) is 81.5 Å². The van der Waals surface area contributed by atoms with E-state index in [0.717, 1.165) is 30.6 Å². The van der Waals surface area contributed by atoms with Crippen LogP contribution < -0.4 is 4.74 Å². The largest absolute Gasteiger partial charge is 0.491 e. The Morgan fingerprint density at radius 2 is 1.87 bits per heavy atom. The van der Waals surface area contributed by atoms with Crippen molar-refractivity contribution < 1.29 is 23.5 Å². The highest BCUT2D eigenvalue weighted by Crippen LogP contribution is 2.31. The molecule has 1 N–H and O–H groups in total. The van der Waals surface area contributed by atoms with Crippen LogP contribution in [0.3, 0.4) is 0 Å². The number of aromatic amines is 1. The number of carbonyl (C=O) groups excluding carboxylic acids is 2. The zero-order chi connectivity index (χ0) is 27.4. The van der Waals surface area contributed by atoms with E-state index < -0.39 is 5.60 Å². The number of hydrogen-bond acceptors (Lipinski definition) is 5. The van der Waals surface area contributed by atoms with E-state index in [0.29, 0.717) is 43.1 Å². The summed E-state index contributed by atoms with van der Waals surface area (Å²) in [6.45, 7) is 5.57. The fourth-order valence-electron chi connectivity index (χ4n) is 5.40. The quantitative estimate of drug-likeness (QED) is 0.536. The lowest BCUT2D eigenvalue weighted by atomic mass is 9.90. The number of carbonyl (C=O) groups is 2. The van der Waals surface area contributed by atoms with Crippen LogP contribution in [0.4, 0.5) is 4.39 Å². The van der Waals surface area contributed by atoms with Gasteiger partial charge in [-0.1, -0.05) is 18.2 Å². The summed E-state index contributed by atoms with van der Waals surface area (Å²) in [7, 11) is 0. The molecule has 5 rings (SSSR count). The summed E-state index contributed by atoms with van der Waals surface area (Å²) in [4.78, 5) is 31.1. The van der Waals surface area contributed by atoms with Crippen LogP contribution in [0.25, 0.3) is 11.3 Å². The Morgan fingerprint density at radius 3 is 2.67 bits per heavy atom. The van der Waals surface area contributed by atoms with Crippen molar-refractivity contribution in [3.05, 3.63) is 71.7 Å². The average Bonchev–Trinajstić information content (AvgIpc) is 3.43. The van der Waals surface area contributed by atoms with Gasteiger partial charge in [-0.25, -0.2) is 4.39 Å². The van der Waals surface area contributed by atoms with Crippen molar-refractivity contribution in [3.8, 4) is 17.0 Å². The number of ether oxygens (including phenoxy) is 2. The lowest BCUT2D eigenvalue weighted by molar-refractivity contribution is -0.172. The minimum atomic E-state index is -1.13. The van der Waals surface area contributed by atoms with E-state index in [1.54, 1.807) is 28.0 Å². The molecule has 3 aromatic rings. The monoisotopic (exact) mass is 534 g/mol. The average molecular weight is 535 g/mol. The molecule has 1 fully saturated rings. The number of para-hydroxylation sites is 1. The molecule has 3 heterocycles. The number of aryl methyl sites for hydroxylation is 1. The molecule has 9 heteroatoms. The second-order valence-electron chi connectivity index (χ2n) is 10.5.